The van der Waals surface area contributed by atoms with Crippen molar-refractivity contribution >= 4 is 17.9 Å². The van der Waals surface area contributed by atoms with Crippen LogP contribution in [-0.2, 0) is 33.3 Å². The van der Waals surface area contributed by atoms with Gasteiger partial charge in [-0.15, -0.1) is 0 Å². The van der Waals surface area contributed by atoms with Gasteiger partial charge in [0.15, 0.2) is 6.61 Å². The minimum atomic E-state index is -0.918. The molecule has 9 nitrogen and oxygen atoms in total. The third kappa shape index (κ3) is 11.1. The van der Waals surface area contributed by atoms with Crippen LogP contribution in [0.3, 0.4) is 0 Å². The topological polar surface area (TPSA) is 129 Å². The Hall–Kier alpha value is -1.71. The van der Waals surface area contributed by atoms with E-state index in [-0.39, 0.29) is 26.4 Å². The van der Waals surface area contributed by atoms with E-state index in [0.29, 0.717) is 0 Å². The van der Waals surface area contributed by atoms with E-state index in [1.54, 1.807) is 0 Å². The first-order valence-electron chi connectivity index (χ1n) is 5.36. The molecule has 0 aliphatic heterocycles. The van der Waals surface area contributed by atoms with E-state index in [1.807, 2.05) is 0 Å². The highest BCUT2D eigenvalue weighted by molar-refractivity contribution is 5.76. The van der Waals surface area contributed by atoms with Gasteiger partial charge in [0.25, 0.3) is 0 Å². The first-order valence-corrected chi connectivity index (χ1v) is 5.36. The molecule has 0 aromatic heterocycles. The summed E-state index contributed by atoms with van der Waals surface area (Å²) in [4.78, 5) is 31.9. The molecule has 0 bridgehead atoms. The van der Waals surface area contributed by atoms with Gasteiger partial charge in [0.05, 0.1) is 13.2 Å². The number of aliphatic hydroxyl groups excluding tert-OH is 2. The molecule has 19 heavy (non-hydrogen) atoms. The van der Waals surface area contributed by atoms with E-state index >= 15 is 0 Å². The smallest absolute Gasteiger partial charge is 0.344 e. The zero-order chi connectivity index (χ0) is 14.5. The molecule has 0 aliphatic rings. The highest BCUT2D eigenvalue weighted by Crippen LogP contribution is 1.85. The monoisotopic (exact) mass is 280 g/mol. The molecule has 0 fully saturated rings. The van der Waals surface area contributed by atoms with Crippen LogP contribution in [0.25, 0.3) is 0 Å². The van der Waals surface area contributed by atoms with Gasteiger partial charge in [0, 0.05) is 0 Å². The second-order valence-corrected chi connectivity index (χ2v) is 3.03. The van der Waals surface area contributed by atoms with E-state index in [0.717, 1.165) is 0 Å². The van der Waals surface area contributed by atoms with Gasteiger partial charge in [-0.2, -0.15) is 0 Å². The lowest BCUT2D eigenvalue weighted by Crippen LogP contribution is -2.20. The summed E-state index contributed by atoms with van der Waals surface area (Å²) in [5.74, 6) is -2.43. The van der Waals surface area contributed by atoms with Crippen molar-refractivity contribution in [2.75, 3.05) is 46.2 Å². The molecule has 0 heterocycles. The van der Waals surface area contributed by atoms with Crippen LogP contribution in [0.4, 0.5) is 0 Å². The molecule has 2 N–H and O–H groups in total. The summed E-state index contributed by atoms with van der Waals surface area (Å²) >= 11 is 0. The zero-order valence-electron chi connectivity index (χ0n) is 10.2. The van der Waals surface area contributed by atoms with Gasteiger partial charge >= 0.3 is 17.9 Å². The van der Waals surface area contributed by atoms with Gasteiger partial charge in [-0.05, 0) is 0 Å². The van der Waals surface area contributed by atoms with E-state index < -0.39 is 37.7 Å². The molecule has 0 radical (unpaired) electrons. The van der Waals surface area contributed by atoms with E-state index in [9.17, 15) is 14.4 Å². The van der Waals surface area contributed by atoms with Crippen LogP contribution >= 0.6 is 0 Å². The molecule has 0 aromatic rings. The first-order chi connectivity index (χ1) is 9.10. The number of carbonyl (C=O) groups is 3. The lowest BCUT2D eigenvalue weighted by molar-refractivity contribution is -0.161. The van der Waals surface area contributed by atoms with Crippen LogP contribution < -0.4 is 0 Å². The van der Waals surface area contributed by atoms with Crippen LogP contribution in [0.5, 0.6) is 0 Å². The third-order valence-electron chi connectivity index (χ3n) is 1.59. The fourth-order valence-corrected chi connectivity index (χ4v) is 0.803. The van der Waals surface area contributed by atoms with Crippen molar-refractivity contribution < 1.29 is 43.5 Å². The Morgan fingerprint density at radius 1 is 0.684 bits per heavy atom. The quantitative estimate of drug-likeness (QED) is 0.256. The second-order valence-electron chi connectivity index (χ2n) is 3.03. The van der Waals surface area contributed by atoms with Crippen molar-refractivity contribution in [1.29, 1.82) is 0 Å². The average Bonchev–Trinajstić information content (AvgIpc) is 2.43. The fourth-order valence-electron chi connectivity index (χ4n) is 0.803. The van der Waals surface area contributed by atoms with Crippen LogP contribution in [0, 0.1) is 0 Å². The molecule has 0 amide bonds. The average molecular weight is 280 g/mol. The number of esters is 3. The Morgan fingerprint density at radius 3 is 1.68 bits per heavy atom. The van der Waals surface area contributed by atoms with E-state index in [1.165, 1.54) is 0 Å². The lowest BCUT2D eigenvalue weighted by atomic mass is 10.6. The molecule has 0 aromatic carbocycles. The van der Waals surface area contributed by atoms with Crippen LogP contribution in [0.1, 0.15) is 0 Å². The molecular weight excluding hydrogens is 264 g/mol. The highest BCUT2D eigenvalue weighted by atomic mass is 16.6. The predicted molar refractivity (Wildman–Crippen MR) is 57.9 cm³/mol. The van der Waals surface area contributed by atoms with Crippen LogP contribution in [0.2, 0.25) is 0 Å². The molecule has 0 aliphatic carbocycles. The first kappa shape index (κ1) is 17.3. The van der Waals surface area contributed by atoms with Crippen molar-refractivity contribution in [2.24, 2.45) is 0 Å². The Morgan fingerprint density at radius 2 is 1.16 bits per heavy atom. The summed E-state index contributed by atoms with van der Waals surface area (Å²) in [6, 6.07) is 0. The van der Waals surface area contributed by atoms with Gasteiger partial charge in [-0.1, -0.05) is 0 Å². The largest absolute Gasteiger partial charge is 0.462 e. The summed E-state index contributed by atoms with van der Waals surface area (Å²) in [7, 11) is 0. The molecule has 0 atom stereocenters. The normalized spacial score (nSPS) is 9.79. The Kier molecular flexibility index (Phi) is 10.4. The zero-order valence-corrected chi connectivity index (χ0v) is 10.2. The Labute approximate surface area is 109 Å². The molecule has 0 saturated carbocycles. The SMILES string of the molecule is O=C(CO)OCCOCCOC(=O)COC(=O)CO. The summed E-state index contributed by atoms with van der Waals surface area (Å²) in [6.45, 7) is -1.95. The maximum atomic E-state index is 10.9. The van der Waals surface area contributed by atoms with Crippen molar-refractivity contribution in [2.45, 2.75) is 0 Å². The maximum absolute atomic E-state index is 10.9. The minimum absolute atomic E-state index is 0.0124. The molecule has 110 valence electrons. The molecule has 0 rings (SSSR count). The third-order valence-corrected chi connectivity index (χ3v) is 1.59. The fraction of sp³-hybridized carbons (Fsp3) is 0.700. The van der Waals surface area contributed by atoms with Crippen molar-refractivity contribution in [3.63, 3.8) is 0 Å². The standard InChI is InChI=1S/C10H16O9/c11-5-8(13)17-3-1-16-2-4-18-10(15)7-19-9(14)6-12/h11-12H,1-7H2. The Bertz CT molecular complexity index is 289. The number of ether oxygens (including phenoxy) is 4. The van der Waals surface area contributed by atoms with Gasteiger partial charge < -0.3 is 29.2 Å². The van der Waals surface area contributed by atoms with Crippen molar-refractivity contribution in [3.8, 4) is 0 Å². The summed E-state index contributed by atoms with van der Waals surface area (Å²) in [6.07, 6.45) is 0. The number of aliphatic hydroxyl groups is 2. The van der Waals surface area contributed by atoms with Gasteiger partial charge in [0.2, 0.25) is 0 Å². The van der Waals surface area contributed by atoms with Gasteiger partial charge in [-0.25, -0.2) is 14.4 Å². The second kappa shape index (κ2) is 11.4. The van der Waals surface area contributed by atoms with E-state index in [4.69, 9.17) is 14.9 Å². The van der Waals surface area contributed by atoms with Gasteiger partial charge in [-0.3, -0.25) is 0 Å². The lowest BCUT2D eigenvalue weighted by Gasteiger charge is -2.06. The summed E-state index contributed by atoms with van der Waals surface area (Å²) < 4.78 is 18.4. The number of rotatable bonds is 10. The maximum Gasteiger partial charge on any atom is 0.344 e. The molecule has 0 spiro atoms. The van der Waals surface area contributed by atoms with Gasteiger partial charge in [0.1, 0.15) is 26.4 Å². The van der Waals surface area contributed by atoms with E-state index in [2.05, 4.69) is 14.2 Å². The van der Waals surface area contributed by atoms with Crippen molar-refractivity contribution in [3.05, 3.63) is 0 Å². The molecular formula is C10H16O9. The highest BCUT2D eigenvalue weighted by Gasteiger charge is 2.07. The molecule has 0 unspecified atom stereocenters. The number of hydrogen-bond donors (Lipinski definition) is 2. The Balaban J connectivity index is 3.32. The molecule has 9 heteroatoms. The van der Waals surface area contributed by atoms with Crippen LogP contribution in [-0.4, -0.2) is 74.4 Å². The molecule has 0 saturated heterocycles. The summed E-state index contributed by atoms with van der Waals surface area (Å²) in [5, 5.41) is 16.6. The van der Waals surface area contributed by atoms with Crippen molar-refractivity contribution in [1.82, 2.24) is 0 Å². The number of hydrogen-bond acceptors (Lipinski definition) is 9. The minimum Gasteiger partial charge on any atom is -0.462 e. The predicted octanol–water partition coefficient (Wildman–Crippen LogP) is -2.38. The number of carbonyl (C=O) groups excluding carboxylic acids is 3. The summed E-state index contributed by atoms with van der Waals surface area (Å²) in [5.41, 5.74) is 0. The van der Waals surface area contributed by atoms with Crippen LogP contribution in [0.15, 0.2) is 0 Å².